The smallest absolute Gasteiger partial charge is 0.225 e. The molecule has 0 saturated carbocycles. The molecule has 1 aliphatic carbocycles. The Morgan fingerprint density at radius 1 is 1.11 bits per heavy atom. The van der Waals surface area contributed by atoms with E-state index in [1.54, 1.807) is 12.1 Å². The highest BCUT2D eigenvalue weighted by Gasteiger charge is 2.36. The molecule has 100 valence electrons. The van der Waals surface area contributed by atoms with Gasteiger partial charge >= 0.3 is 0 Å². The van der Waals surface area contributed by atoms with E-state index in [-0.39, 0.29) is 5.82 Å². The maximum absolute atomic E-state index is 12.9. The average Bonchev–Trinajstić information content (AvgIpc) is 2.38. The molecule has 19 heavy (non-hydrogen) atoms. The number of primary amides is 2. The standard InChI is InChI=1S/C14H15FN2O2/c15-9-6-4-8(5-7-9)10-2-1-3-11(13(16)18)12(10)14(17)19/h2,4-7,11-12H,1,3H2,(H2,16,18)(H2,17,19)/t11-,12+/m1/s1. The molecule has 4 N–H and O–H groups in total. The van der Waals surface area contributed by atoms with Crippen molar-refractivity contribution in [1.82, 2.24) is 0 Å². The summed E-state index contributed by atoms with van der Waals surface area (Å²) in [5.74, 6) is -2.81. The van der Waals surface area contributed by atoms with Crippen LogP contribution >= 0.6 is 0 Å². The largest absolute Gasteiger partial charge is 0.369 e. The Labute approximate surface area is 110 Å². The van der Waals surface area contributed by atoms with Crippen LogP contribution in [0.1, 0.15) is 18.4 Å². The lowest BCUT2D eigenvalue weighted by Gasteiger charge is -2.28. The van der Waals surface area contributed by atoms with Crippen LogP contribution in [-0.4, -0.2) is 11.8 Å². The third-order valence-electron chi connectivity index (χ3n) is 3.43. The topological polar surface area (TPSA) is 86.2 Å². The third kappa shape index (κ3) is 2.65. The first-order chi connectivity index (χ1) is 9.00. The van der Waals surface area contributed by atoms with E-state index < -0.39 is 23.7 Å². The minimum atomic E-state index is -0.739. The number of rotatable bonds is 3. The van der Waals surface area contributed by atoms with Crippen molar-refractivity contribution in [3.63, 3.8) is 0 Å². The fourth-order valence-electron chi connectivity index (χ4n) is 2.53. The fourth-order valence-corrected chi connectivity index (χ4v) is 2.53. The van der Waals surface area contributed by atoms with E-state index in [1.165, 1.54) is 12.1 Å². The van der Waals surface area contributed by atoms with Crippen LogP contribution in [0, 0.1) is 17.7 Å². The van der Waals surface area contributed by atoms with Crippen molar-refractivity contribution in [2.45, 2.75) is 12.8 Å². The summed E-state index contributed by atoms with van der Waals surface area (Å²) in [5, 5.41) is 0. The van der Waals surface area contributed by atoms with Crippen molar-refractivity contribution in [2.24, 2.45) is 23.3 Å². The monoisotopic (exact) mass is 262 g/mol. The van der Waals surface area contributed by atoms with Crippen LogP contribution in [0.3, 0.4) is 0 Å². The van der Waals surface area contributed by atoms with Gasteiger partial charge in [0.25, 0.3) is 0 Å². The molecule has 0 spiro atoms. The Morgan fingerprint density at radius 3 is 2.26 bits per heavy atom. The highest BCUT2D eigenvalue weighted by molar-refractivity contribution is 5.96. The maximum Gasteiger partial charge on any atom is 0.225 e. The van der Waals surface area contributed by atoms with Gasteiger partial charge in [0, 0.05) is 0 Å². The molecule has 2 rings (SSSR count). The zero-order chi connectivity index (χ0) is 14.0. The van der Waals surface area contributed by atoms with E-state index in [0.29, 0.717) is 24.0 Å². The van der Waals surface area contributed by atoms with Gasteiger partial charge in [0.2, 0.25) is 11.8 Å². The molecule has 1 aromatic carbocycles. The first-order valence-electron chi connectivity index (χ1n) is 6.05. The molecule has 2 atom stereocenters. The second kappa shape index (κ2) is 5.22. The normalized spacial score (nSPS) is 22.7. The van der Waals surface area contributed by atoms with Gasteiger partial charge in [-0.05, 0) is 36.1 Å². The van der Waals surface area contributed by atoms with Crippen LogP contribution < -0.4 is 11.5 Å². The van der Waals surface area contributed by atoms with E-state index in [9.17, 15) is 14.0 Å². The summed E-state index contributed by atoms with van der Waals surface area (Å²) in [6.45, 7) is 0. The molecule has 0 saturated heterocycles. The summed E-state index contributed by atoms with van der Waals surface area (Å²) >= 11 is 0. The number of benzene rings is 1. The van der Waals surface area contributed by atoms with Gasteiger partial charge in [0.15, 0.2) is 0 Å². The molecule has 0 radical (unpaired) electrons. The molecule has 1 aliphatic rings. The molecular formula is C14H15FN2O2. The van der Waals surface area contributed by atoms with E-state index in [2.05, 4.69) is 0 Å². The Balaban J connectivity index is 2.42. The van der Waals surface area contributed by atoms with Crippen molar-refractivity contribution < 1.29 is 14.0 Å². The van der Waals surface area contributed by atoms with Crippen molar-refractivity contribution >= 4 is 17.4 Å². The van der Waals surface area contributed by atoms with E-state index in [1.807, 2.05) is 6.08 Å². The molecule has 5 heteroatoms. The maximum atomic E-state index is 12.9. The van der Waals surface area contributed by atoms with Crippen LogP contribution in [0.2, 0.25) is 0 Å². The zero-order valence-corrected chi connectivity index (χ0v) is 10.3. The van der Waals surface area contributed by atoms with Crippen LogP contribution in [-0.2, 0) is 9.59 Å². The highest BCUT2D eigenvalue weighted by Crippen LogP contribution is 2.36. The fraction of sp³-hybridized carbons (Fsp3) is 0.286. The van der Waals surface area contributed by atoms with Crippen molar-refractivity contribution in [3.05, 3.63) is 41.7 Å². The number of carbonyl (C=O) groups is 2. The van der Waals surface area contributed by atoms with E-state index in [4.69, 9.17) is 11.5 Å². The van der Waals surface area contributed by atoms with Gasteiger partial charge in [0.05, 0.1) is 11.8 Å². The van der Waals surface area contributed by atoms with Gasteiger partial charge < -0.3 is 11.5 Å². The van der Waals surface area contributed by atoms with Gasteiger partial charge in [-0.3, -0.25) is 9.59 Å². The third-order valence-corrected chi connectivity index (χ3v) is 3.43. The molecule has 0 fully saturated rings. The quantitative estimate of drug-likeness (QED) is 0.857. The van der Waals surface area contributed by atoms with Gasteiger partial charge in [-0.1, -0.05) is 18.2 Å². The lowest BCUT2D eigenvalue weighted by Crippen LogP contribution is -2.39. The molecule has 1 aromatic rings. The number of allylic oxidation sites excluding steroid dienone is 1. The van der Waals surface area contributed by atoms with Crippen molar-refractivity contribution in [3.8, 4) is 0 Å². The minimum Gasteiger partial charge on any atom is -0.369 e. The summed E-state index contributed by atoms with van der Waals surface area (Å²) in [7, 11) is 0. The summed E-state index contributed by atoms with van der Waals surface area (Å²) in [6.07, 6.45) is 3.01. The second-order valence-corrected chi connectivity index (χ2v) is 4.63. The lowest BCUT2D eigenvalue weighted by molar-refractivity contribution is -0.129. The predicted octanol–water partition coefficient (Wildman–Crippen LogP) is 1.21. The SMILES string of the molecule is NC(=O)[C@H]1C(c2ccc(F)cc2)=CCC[C@H]1C(N)=O. The molecule has 0 aliphatic heterocycles. The number of hydrogen-bond donors (Lipinski definition) is 2. The van der Waals surface area contributed by atoms with E-state index in [0.717, 1.165) is 0 Å². The van der Waals surface area contributed by atoms with Crippen LogP contribution in [0.15, 0.2) is 30.3 Å². The molecule has 0 bridgehead atoms. The van der Waals surface area contributed by atoms with Crippen LogP contribution in [0.5, 0.6) is 0 Å². The van der Waals surface area contributed by atoms with Crippen LogP contribution in [0.4, 0.5) is 4.39 Å². The first-order valence-corrected chi connectivity index (χ1v) is 6.05. The summed E-state index contributed by atoms with van der Waals surface area (Å²) in [6, 6.07) is 5.76. The number of amides is 2. The average molecular weight is 262 g/mol. The van der Waals surface area contributed by atoms with Gasteiger partial charge in [-0.15, -0.1) is 0 Å². The zero-order valence-electron chi connectivity index (χ0n) is 10.3. The van der Waals surface area contributed by atoms with Gasteiger partial charge in [0.1, 0.15) is 5.82 Å². The summed E-state index contributed by atoms with van der Waals surface area (Å²) in [5.41, 5.74) is 12.1. The molecular weight excluding hydrogens is 247 g/mol. The van der Waals surface area contributed by atoms with E-state index >= 15 is 0 Å². The van der Waals surface area contributed by atoms with Crippen molar-refractivity contribution in [1.29, 1.82) is 0 Å². The lowest BCUT2D eigenvalue weighted by atomic mass is 9.75. The van der Waals surface area contributed by atoms with Gasteiger partial charge in [-0.2, -0.15) is 0 Å². The Kier molecular flexibility index (Phi) is 3.64. The van der Waals surface area contributed by atoms with Crippen LogP contribution in [0.25, 0.3) is 5.57 Å². The molecule has 4 nitrogen and oxygen atoms in total. The summed E-state index contributed by atoms with van der Waals surface area (Å²) < 4.78 is 12.9. The summed E-state index contributed by atoms with van der Waals surface area (Å²) in [4.78, 5) is 23.0. The second-order valence-electron chi connectivity index (χ2n) is 4.63. The minimum absolute atomic E-state index is 0.359. The Morgan fingerprint density at radius 2 is 1.74 bits per heavy atom. The highest BCUT2D eigenvalue weighted by atomic mass is 19.1. The predicted molar refractivity (Wildman–Crippen MR) is 69.0 cm³/mol. The molecule has 0 aromatic heterocycles. The number of carbonyl (C=O) groups excluding carboxylic acids is 2. The first kappa shape index (κ1) is 13.3. The molecule has 0 heterocycles. The number of halogens is 1. The molecule has 2 amide bonds. The Bertz CT molecular complexity index is 537. The van der Waals surface area contributed by atoms with Crippen molar-refractivity contribution in [2.75, 3.05) is 0 Å². The number of hydrogen-bond acceptors (Lipinski definition) is 2. The van der Waals surface area contributed by atoms with Gasteiger partial charge in [-0.25, -0.2) is 4.39 Å². The molecule has 0 unspecified atom stereocenters. The Hall–Kier alpha value is -2.17. The number of nitrogens with two attached hydrogens (primary N) is 2.